The van der Waals surface area contributed by atoms with E-state index in [1.54, 1.807) is 0 Å². The van der Waals surface area contributed by atoms with E-state index in [0.717, 1.165) is 45.5 Å². The van der Waals surface area contributed by atoms with Crippen LogP contribution in [0.1, 0.15) is 0 Å². The third-order valence-corrected chi connectivity index (χ3v) is 1.94. The molecule has 1 aliphatic rings. The van der Waals surface area contributed by atoms with Gasteiger partial charge in [-0.3, -0.25) is 9.69 Å². The maximum atomic E-state index is 9.78. The van der Waals surface area contributed by atoms with Crippen molar-refractivity contribution in [3.05, 3.63) is 12.2 Å². The molecule has 0 bridgehead atoms. The van der Waals surface area contributed by atoms with Crippen molar-refractivity contribution in [2.24, 2.45) is 11.5 Å². The van der Waals surface area contributed by atoms with E-state index in [4.69, 9.17) is 15.6 Å². The van der Waals surface area contributed by atoms with Crippen molar-refractivity contribution >= 4 is 11.9 Å². The fourth-order valence-corrected chi connectivity index (χ4v) is 1.16. The van der Waals surface area contributed by atoms with Gasteiger partial charge >= 0.3 is 5.97 Å². The summed E-state index contributed by atoms with van der Waals surface area (Å²) >= 11 is 0. The second-order valence-electron chi connectivity index (χ2n) is 3.32. The lowest BCUT2D eigenvalue weighted by Gasteiger charge is -2.25. The zero-order chi connectivity index (χ0) is 13.1. The van der Waals surface area contributed by atoms with E-state index in [9.17, 15) is 9.59 Å². The number of hydrogen-bond donors (Lipinski definition) is 3. The Kier molecular flexibility index (Phi) is 8.94. The molecule has 1 fully saturated rings. The van der Waals surface area contributed by atoms with Crippen molar-refractivity contribution in [3.8, 4) is 0 Å². The van der Waals surface area contributed by atoms with Crippen LogP contribution in [0.4, 0.5) is 0 Å². The Morgan fingerprint density at radius 2 is 1.88 bits per heavy atom. The molecule has 1 amide bonds. The van der Waals surface area contributed by atoms with Crippen LogP contribution in [-0.4, -0.2) is 61.3 Å². The molecule has 1 rings (SSSR count). The largest absolute Gasteiger partial charge is 0.478 e. The lowest BCUT2D eigenvalue weighted by Crippen LogP contribution is -2.39. The normalized spacial score (nSPS) is 16.3. The molecule has 0 atom stereocenters. The van der Waals surface area contributed by atoms with Crippen molar-refractivity contribution in [1.29, 1.82) is 0 Å². The average Bonchev–Trinajstić information content (AvgIpc) is 2.29. The van der Waals surface area contributed by atoms with Gasteiger partial charge in [0.2, 0.25) is 5.91 Å². The van der Waals surface area contributed by atoms with Gasteiger partial charge in [-0.2, -0.15) is 0 Å². The van der Waals surface area contributed by atoms with Gasteiger partial charge in [0.1, 0.15) is 0 Å². The topological polar surface area (TPSA) is 119 Å². The summed E-state index contributed by atoms with van der Waals surface area (Å²) in [4.78, 5) is 21.7. The molecule has 5 N–H and O–H groups in total. The molecule has 0 radical (unpaired) electrons. The summed E-state index contributed by atoms with van der Waals surface area (Å²) in [5.74, 6) is -1.93. The Balaban J connectivity index is 0.000000304. The number of hydrogen-bond acceptors (Lipinski definition) is 5. The van der Waals surface area contributed by atoms with Crippen LogP contribution in [0.5, 0.6) is 0 Å². The zero-order valence-electron chi connectivity index (χ0n) is 9.67. The number of ether oxygens (including phenoxy) is 1. The molecule has 0 aromatic carbocycles. The van der Waals surface area contributed by atoms with Crippen molar-refractivity contribution in [2.75, 3.05) is 39.4 Å². The summed E-state index contributed by atoms with van der Waals surface area (Å²) < 4.78 is 5.16. The molecule has 7 nitrogen and oxygen atoms in total. The van der Waals surface area contributed by atoms with Gasteiger partial charge in [-0.15, -0.1) is 0 Å². The average molecular weight is 245 g/mol. The Bertz CT molecular complexity index is 244. The number of amides is 1. The number of nitrogens with zero attached hydrogens (tertiary/aromatic N) is 1. The van der Waals surface area contributed by atoms with E-state index in [-0.39, 0.29) is 0 Å². The number of carbonyl (C=O) groups is 2. The van der Waals surface area contributed by atoms with E-state index in [0.29, 0.717) is 6.08 Å². The summed E-state index contributed by atoms with van der Waals surface area (Å²) in [6.07, 6.45) is 1.46. The van der Waals surface area contributed by atoms with Crippen molar-refractivity contribution < 1.29 is 19.4 Å². The van der Waals surface area contributed by atoms with Gasteiger partial charge in [0.15, 0.2) is 0 Å². The standard InChI is InChI=1S/C6H14N2O.C4H5NO3/c7-1-2-8-3-5-9-6-4-8;5-3(6)1-2-4(7)8/h1-7H2;1-2H,(H2,5,6)(H,7,8)/b;2-1-. The molecule has 1 saturated heterocycles. The van der Waals surface area contributed by atoms with Crippen LogP contribution in [0.3, 0.4) is 0 Å². The molecule has 0 aromatic heterocycles. The summed E-state index contributed by atoms with van der Waals surface area (Å²) in [5.41, 5.74) is 9.93. The Labute approximate surface area is 100 Å². The minimum absolute atomic E-state index is 0.683. The number of primary amides is 1. The minimum Gasteiger partial charge on any atom is -0.478 e. The van der Waals surface area contributed by atoms with Crippen LogP contribution in [0.2, 0.25) is 0 Å². The number of carbonyl (C=O) groups excluding carboxylic acids is 1. The molecule has 7 heteroatoms. The second-order valence-corrected chi connectivity index (χ2v) is 3.32. The molecule has 0 spiro atoms. The van der Waals surface area contributed by atoms with Crippen LogP contribution < -0.4 is 11.5 Å². The summed E-state index contributed by atoms with van der Waals surface area (Å²) in [6.45, 7) is 5.64. The highest BCUT2D eigenvalue weighted by Crippen LogP contribution is 1.93. The van der Waals surface area contributed by atoms with Crippen LogP contribution in [0.25, 0.3) is 0 Å². The molecule has 0 saturated carbocycles. The number of nitrogens with two attached hydrogens (primary N) is 2. The quantitative estimate of drug-likeness (QED) is 0.513. The highest BCUT2D eigenvalue weighted by molar-refractivity contribution is 5.92. The van der Waals surface area contributed by atoms with Crippen molar-refractivity contribution in [2.45, 2.75) is 0 Å². The maximum absolute atomic E-state index is 9.78. The second kappa shape index (κ2) is 9.76. The molecular weight excluding hydrogens is 226 g/mol. The van der Waals surface area contributed by atoms with Crippen LogP contribution in [-0.2, 0) is 14.3 Å². The number of carboxylic acids is 1. The van der Waals surface area contributed by atoms with Crippen LogP contribution in [0, 0.1) is 0 Å². The van der Waals surface area contributed by atoms with Crippen LogP contribution >= 0.6 is 0 Å². The molecule has 1 heterocycles. The third-order valence-electron chi connectivity index (χ3n) is 1.94. The first-order chi connectivity index (χ1) is 8.06. The van der Waals surface area contributed by atoms with Gasteiger partial charge in [0.05, 0.1) is 13.2 Å². The van der Waals surface area contributed by atoms with E-state index in [2.05, 4.69) is 10.6 Å². The fourth-order valence-electron chi connectivity index (χ4n) is 1.16. The van der Waals surface area contributed by atoms with Gasteiger partial charge < -0.3 is 21.3 Å². The number of carboxylic acid groups (broad SMARTS) is 1. The fraction of sp³-hybridized carbons (Fsp3) is 0.600. The molecule has 98 valence electrons. The van der Waals surface area contributed by atoms with Crippen molar-refractivity contribution in [3.63, 3.8) is 0 Å². The lowest BCUT2D eigenvalue weighted by atomic mass is 10.4. The maximum Gasteiger partial charge on any atom is 0.328 e. The third kappa shape index (κ3) is 10.8. The number of morpholine rings is 1. The van der Waals surface area contributed by atoms with Crippen LogP contribution in [0.15, 0.2) is 12.2 Å². The molecule has 0 aromatic rings. The Morgan fingerprint density at radius 1 is 1.29 bits per heavy atom. The van der Waals surface area contributed by atoms with Gasteiger partial charge in [0.25, 0.3) is 0 Å². The zero-order valence-corrected chi connectivity index (χ0v) is 9.67. The Morgan fingerprint density at radius 3 is 2.24 bits per heavy atom. The summed E-state index contributed by atoms with van der Waals surface area (Å²) in [6, 6.07) is 0. The monoisotopic (exact) mass is 245 g/mol. The van der Waals surface area contributed by atoms with E-state index in [1.165, 1.54) is 0 Å². The molecule has 0 unspecified atom stereocenters. The van der Waals surface area contributed by atoms with Gasteiger partial charge in [0, 0.05) is 38.3 Å². The summed E-state index contributed by atoms with van der Waals surface area (Å²) in [7, 11) is 0. The van der Waals surface area contributed by atoms with Gasteiger partial charge in [-0.25, -0.2) is 4.79 Å². The van der Waals surface area contributed by atoms with E-state index in [1.807, 2.05) is 0 Å². The molecule has 17 heavy (non-hydrogen) atoms. The summed E-state index contributed by atoms with van der Waals surface area (Å²) in [5, 5.41) is 7.87. The highest BCUT2D eigenvalue weighted by Gasteiger charge is 2.07. The van der Waals surface area contributed by atoms with Crippen molar-refractivity contribution in [1.82, 2.24) is 4.90 Å². The van der Waals surface area contributed by atoms with E-state index < -0.39 is 11.9 Å². The number of aliphatic carboxylic acids is 1. The first kappa shape index (κ1) is 15.6. The molecule has 0 aliphatic carbocycles. The lowest BCUT2D eigenvalue weighted by molar-refractivity contribution is -0.131. The number of rotatable bonds is 4. The molecular formula is C10H19N3O4. The SMILES string of the molecule is NC(=O)/C=C\C(=O)O.NCCN1CCOCC1. The predicted molar refractivity (Wildman–Crippen MR) is 62.3 cm³/mol. The predicted octanol–water partition coefficient (Wildman–Crippen LogP) is -1.61. The molecule has 1 aliphatic heterocycles. The first-order valence-electron chi connectivity index (χ1n) is 5.27. The minimum atomic E-state index is -1.18. The van der Waals surface area contributed by atoms with Gasteiger partial charge in [-0.05, 0) is 0 Å². The Hall–Kier alpha value is -1.44. The van der Waals surface area contributed by atoms with E-state index >= 15 is 0 Å². The highest BCUT2D eigenvalue weighted by atomic mass is 16.5. The van der Waals surface area contributed by atoms with Gasteiger partial charge in [-0.1, -0.05) is 0 Å². The first-order valence-corrected chi connectivity index (χ1v) is 5.27. The smallest absolute Gasteiger partial charge is 0.328 e.